The van der Waals surface area contributed by atoms with E-state index in [4.69, 9.17) is 18.9 Å². The van der Waals surface area contributed by atoms with Crippen molar-refractivity contribution >= 4 is 106 Å². The van der Waals surface area contributed by atoms with Crippen LogP contribution in [0.2, 0.25) is 0 Å². The Balaban J connectivity index is 1.35. The number of nitrogens with one attached hydrogen (secondary N) is 4. The van der Waals surface area contributed by atoms with Crippen LogP contribution in [-0.4, -0.2) is 58.7 Å². The first-order valence-corrected chi connectivity index (χ1v) is 30.5. The van der Waals surface area contributed by atoms with E-state index >= 15 is 0 Å². The van der Waals surface area contributed by atoms with Gasteiger partial charge in [0.2, 0.25) is 11.9 Å². The van der Waals surface area contributed by atoms with Gasteiger partial charge < -0.3 is 29.6 Å². The number of ether oxygens (including phenoxy) is 4. The molecule has 16 heteroatoms. The molecule has 0 unspecified atom stereocenters. The molecule has 0 saturated carbocycles. The van der Waals surface area contributed by atoms with Crippen LogP contribution in [0.1, 0.15) is 94.2 Å². The lowest BCUT2D eigenvalue weighted by Gasteiger charge is -2.28. The van der Waals surface area contributed by atoms with Crippen LogP contribution in [0.25, 0.3) is 32.7 Å². The number of aliphatic imine (C=N–C) groups is 2. The van der Waals surface area contributed by atoms with Crippen LogP contribution in [0.3, 0.4) is 0 Å². The van der Waals surface area contributed by atoms with Gasteiger partial charge in [-0.25, -0.2) is 19.2 Å². The molecule has 4 N–H and O–H groups in total. The monoisotopic (exact) mass is 1160 g/mol. The van der Waals surface area contributed by atoms with E-state index in [1.807, 2.05) is 24.3 Å². The zero-order valence-corrected chi connectivity index (χ0v) is 51.6. The Hall–Kier alpha value is -8.44. The first-order valence-electron chi connectivity index (χ1n) is 27.8. The first kappa shape index (κ1) is 61.6. The van der Waals surface area contributed by atoms with Crippen LogP contribution < -0.4 is 53.1 Å². The standard InChI is InChI=1S/C68H74N6O8P2/c1-65(2,3)79-61(75)71-59(72-62(76)80-66(4,5)6)69-43-45-33-37-53-47(41-45)35-39-55(83(49-25-17-13-18-26-49)50-27-19-14-20-28-50)57(53)58-54-38-34-46(44-70-60(73-63(77)81-67(7,8)9)74-64(78)82-68(10,11)12)42-48(54)36-40-56(58)84(51-29-21-15-22-30-51)52-31-23-16-24-32-52/h13-42H,43-44H2,1-12H3,(H2,69,71,72,75,76)(H2,70,73,74,77,78). The van der Waals surface area contributed by atoms with E-state index in [9.17, 15) is 19.2 Å². The fraction of sp³-hybridized carbons (Fsp3) is 0.265. The molecule has 434 valence electrons. The van der Waals surface area contributed by atoms with Crippen molar-refractivity contribution < 1.29 is 38.1 Å². The number of hydrogen-bond acceptors (Lipinski definition) is 8. The molecule has 84 heavy (non-hydrogen) atoms. The molecular weight excluding hydrogens is 1090 g/mol. The molecule has 14 nitrogen and oxygen atoms in total. The number of rotatable bonds is 11. The van der Waals surface area contributed by atoms with E-state index in [0.29, 0.717) is 0 Å². The predicted molar refractivity (Wildman–Crippen MR) is 344 cm³/mol. The summed E-state index contributed by atoms with van der Waals surface area (Å²) in [5, 5.41) is 22.6. The Bertz CT molecular complexity index is 3380. The van der Waals surface area contributed by atoms with Crippen molar-refractivity contribution in [3.8, 4) is 11.1 Å². The summed E-state index contributed by atoms with van der Waals surface area (Å²) >= 11 is 0. The number of fused-ring (bicyclic) bond motifs is 2. The molecule has 0 aliphatic heterocycles. The normalized spacial score (nSPS) is 12.5. The highest BCUT2D eigenvalue weighted by atomic mass is 31.1. The number of carbonyl (C=O) groups is 4. The lowest BCUT2D eigenvalue weighted by molar-refractivity contribution is 0.0542. The van der Waals surface area contributed by atoms with Crippen LogP contribution in [0.5, 0.6) is 0 Å². The molecule has 0 spiro atoms. The van der Waals surface area contributed by atoms with Crippen LogP contribution in [0.15, 0.2) is 192 Å². The molecule has 0 bridgehead atoms. The third-order valence-electron chi connectivity index (χ3n) is 12.3. The molecule has 8 aromatic carbocycles. The van der Waals surface area contributed by atoms with E-state index in [-0.39, 0.29) is 25.0 Å². The Kier molecular flexibility index (Phi) is 19.4. The molecule has 0 radical (unpaired) electrons. The highest BCUT2D eigenvalue weighted by Crippen LogP contribution is 2.46. The molecule has 0 saturated heterocycles. The second-order valence-corrected chi connectivity index (χ2v) is 28.3. The van der Waals surface area contributed by atoms with Gasteiger partial charge >= 0.3 is 24.4 Å². The summed E-state index contributed by atoms with van der Waals surface area (Å²) in [6.07, 6.45) is -3.32. The van der Waals surface area contributed by atoms with Crippen molar-refractivity contribution in [1.82, 2.24) is 21.3 Å². The molecule has 0 aliphatic rings. The number of guanidine groups is 2. The highest BCUT2D eigenvalue weighted by Gasteiger charge is 2.30. The van der Waals surface area contributed by atoms with Gasteiger partial charge in [-0.3, -0.25) is 10.6 Å². The van der Waals surface area contributed by atoms with Crippen LogP contribution in [-0.2, 0) is 32.0 Å². The van der Waals surface area contributed by atoms with Gasteiger partial charge in [-0.05, 0) is 187 Å². The summed E-state index contributed by atoms with van der Waals surface area (Å²) in [5.74, 6) is -0.246. The van der Waals surface area contributed by atoms with E-state index in [2.05, 4.69) is 189 Å². The average molecular weight is 1170 g/mol. The lowest BCUT2D eigenvalue weighted by Crippen LogP contribution is -2.44. The molecular formula is C68H74N6O8P2. The fourth-order valence-corrected chi connectivity index (χ4v) is 14.1. The summed E-state index contributed by atoms with van der Waals surface area (Å²) < 4.78 is 22.1. The molecule has 4 amide bonds. The van der Waals surface area contributed by atoms with Crippen molar-refractivity contribution in [2.24, 2.45) is 9.98 Å². The van der Waals surface area contributed by atoms with E-state index in [1.165, 1.54) is 21.2 Å². The third kappa shape index (κ3) is 17.3. The van der Waals surface area contributed by atoms with Gasteiger partial charge in [-0.15, -0.1) is 9.98 Å². The SMILES string of the molecule is CC(C)(C)OC(=O)/N=C(/NCc1ccc2c(-c3c(P(c4ccccc4)c4ccccc4)ccc4cc(CN/C(=N\C(=O)OC(C)(C)C)NC(=O)OC(C)(C)C)ccc34)c(P(c3ccccc3)c3ccccc3)ccc2c1)NC(=O)OC(C)(C)C. The van der Waals surface area contributed by atoms with Gasteiger partial charge in [-0.1, -0.05) is 170 Å². The molecule has 0 fully saturated rings. The maximum Gasteiger partial charge on any atom is 0.437 e. The van der Waals surface area contributed by atoms with Gasteiger partial charge in [0, 0.05) is 13.1 Å². The van der Waals surface area contributed by atoms with E-state index < -0.39 is 62.6 Å². The smallest absolute Gasteiger partial charge is 0.437 e. The molecule has 0 atom stereocenters. The van der Waals surface area contributed by atoms with Gasteiger partial charge in [0.05, 0.1) is 0 Å². The van der Waals surface area contributed by atoms with Crippen LogP contribution in [0, 0.1) is 0 Å². The van der Waals surface area contributed by atoms with E-state index in [1.54, 1.807) is 83.1 Å². The summed E-state index contributed by atoms with van der Waals surface area (Å²) in [6.45, 7) is 21.3. The Morgan fingerprint density at radius 1 is 0.381 bits per heavy atom. The molecule has 8 rings (SSSR count). The number of carbonyl (C=O) groups excluding carboxylic acids is 4. The van der Waals surface area contributed by atoms with Gasteiger partial charge in [0.15, 0.2) is 0 Å². The maximum absolute atomic E-state index is 13.1. The Labute approximate surface area is 495 Å². The van der Waals surface area contributed by atoms with E-state index in [0.717, 1.165) is 54.4 Å². The van der Waals surface area contributed by atoms with Crippen molar-refractivity contribution in [3.05, 3.63) is 193 Å². The zero-order valence-electron chi connectivity index (χ0n) is 49.8. The second kappa shape index (κ2) is 26.4. The molecule has 8 aromatic rings. The minimum Gasteiger partial charge on any atom is -0.444 e. The number of amides is 4. The topological polar surface area (TPSA) is 178 Å². The summed E-state index contributed by atoms with van der Waals surface area (Å²) in [6, 6.07) is 64.3. The molecule has 0 heterocycles. The molecule has 0 aliphatic carbocycles. The summed E-state index contributed by atoms with van der Waals surface area (Å²) in [7, 11) is -2.39. The molecule has 0 aromatic heterocycles. The van der Waals surface area contributed by atoms with Crippen molar-refractivity contribution in [2.45, 2.75) is 119 Å². The number of benzene rings is 8. The zero-order chi connectivity index (χ0) is 60.4. The fourth-order valence-electron chi connectivity index (χ4n) is 9.16. The third-order valence-corrected chi connectivity index (χ3v) is 17.2. The predicted octanol–water partition coefficient (Wildman–Crippen LogP) is 13.0. The minimum absolute atomic E-state index is 0.123. The van der Waals surface area contributed by atoms with Gasteiger partial charge in [-0.2, -0.15) is 0 Å². The highest BCUT2D eigenvalue weighted by molar-refractivity contribution is 7.80. The summed E-state index contributed by atoms with van der Waals surface area (Å²) in [5.41, 5.74) is 0.567. The largest absolute Gasteiger partial charge is 0.444 e. The average Bonchev–Trinajstić information content (AvgIpc) is 1.04. The van der Waals surface area contributed by atoms with Gasteiger partial charge in [0.1, 0.15) is 22.4 Å². The second-order valence-electron chi connectivity index (χ2n) is 23.9. The minimum atomic E-state index is -1.19. The summed E-state index contributed by atoms with van der Waals surface area (Å²) in [4.78, 5) is 60.6. The van der Waals surface area contributed by atoms with Crippen LogP contribution in [0.4, 0.5) is 19.2 Å². The Morgan fingerprint density at radius 3 is 0.964 bits per heavy atom. The Morgan fingerprint density at radius 2 is 0.679 bits per heavy atom. The lowest BCUT2D eigenvalue weighted by atomic mass is 9.92. The number of alkyl carbamates (subject to hydrolysis) is 2. The number of hydrogen-bond donors (Lipinski definition) is 4. The quantitative estimate of drug-likeness (QED) is 0.0422. The van der Waals surface area contributed by atoms with Crippen molar-refractivity contribution in [3.63, 3.8) is 0 Å². The van der Waals surface area contributed by atoms with Crippen molar-refractivity contribution in [1.29, 1.82) is 0 Å². The first-order chi connectivity index (χ1) is 39.8. The number of nitrogens with zero attached hydrogens (tertiary/aromatic N) is 2. The van der Waals surface area contributed by atoms with Gasteiger partial charge in [0.25, 0.3) is 0 Å². The van der Waals surface area contributed by atoms with Crippen LogP contribution >= 0.6 is 15.8 Å². The maximum atomic E-state index is 13.1. The van der Waals surface area contributed by atoms with Crippen molar-refractivity contribution in [2.75, 3.05) is 0 Å².